The molecule has 3 rings (SSSR count). The average Bonchev–Trinajstić information content (AvgIpc) is 3.58. The number of carbonyl (C=O) groups excluding carboxylic acids is 3. The topological polar surface area (TPSA) is 259 Å². The van der Waals surface area contributed by atoms with E-state index in [4.69, 9.17) is 17.2 Å². The summed E-state index contributed by atoms with van der Waals surface area (Å²) in [5, 5.41) is 17.8. The first kappa shape index (κ1) is 29.6. The van der Waals surface area contributed by atoms with E-state index in [1.165, 1.54) is 6.33 Å². The van der Waals surface area contributed by atoms with Gasteiger partial charge in [0.15, 0.2) is 5.96 Å². The molecule has 15 heteroatoms. The summed E-state index contributed by atoms with van der Waals surface area (Å²) in [4.78, 5) is 63.7. The van der Waals surface area contributed by atoms with Crippen molar-refractivity contribution in [3.8, 4) is 0 Å². The third kappa shape index (κ3) is 8.83. The zero-order valence-corrected chi connectivity index (χ0v) is 21.7. The second-order valence-corrected chi connectivity index (χ2v) is 9.14. The van der Waals surface area contributed by atoms with Gasteiger partial charge in [0.2, 0.25) is 17.7 Å². The van der Waals surface area contributed by atoms with E-state index >= 15 is 0 Å². The van der Waals surface area contributed by atoms with Crippen molar-refractivity contribution in [2.24, 2.45) is 22.2 Å². The number of nitrogens with two attached hydrogens (primary N) is 3. The van der Waals surface area contributed by atoms with Crippen molar-refractivity contribution in [3.63, 3.8) is 0 Å². The summed E-state index contributed by atoms with van der Waals surface area (Å²) < 4.78 is 0. The van der Waals surface area contributed by atoms with E-state index in [-0.39, 0.29) is 31.8 Å². The Morgan fingerprint density at radius 1 is 1.02 bits per heavy atom. The van der Waals surface area contributed by atoms with E-state index in [0.29, 0.717) is 12.1 Å². The number of nitrogens with zero attached hydrogens (tertiary/aromatic N) is 2. The van der Waals surface area contributed by atoms with Gasteiger partial charge in [-0.1, -0.05) is 18.2 Å². The third-order valence-electron chi connectivity index (χ3n) is 6.07. The van der Waals surface area contributed by atoms with E-state index in [0.717, 1.165) is 16.5 Å². The standard InChI is InChI=1S/C25H34N10O5/c26-17(9-15-11-29-13-33-15)22(37)35-20(8-14-10-31-18-5-2-1-4-16(14)18)23(38)32-12-21(36)34-19(24(39)40)6-3-7-30-25(27)28/h1-2,4-5,10-11,13,17,19-20,31H,3,6-9,12,26H2,(H,29,33)(H,32,38)(H,34,36)(H,35,37)(H,39,40)(H4,27,28,30). The first-order valence-electron chi connectivity index (χ1n) is 12.6. The van der Waals surface area contributed by atoms with Crippen molar-refractivity contribution in [2.45, 2.75) is 43.8 Å². The predicted octanol–water partition coefficient (Wildman–Crippen LogP) is -1.77. The maximum atomic E-state index is 13.2. The van der Waals surface area contributed by atoms with E-state index in [1.807, 2.05) is 24.3 Å². The Kier molecular flexibility index (Phi) is 10.6. The number of hydrogen-bond donors (Lipinski definition) is 9. The van der Waals surface area contributed by atoms with Gasteiger partial charge in [-0.2, -0.15) is 0 Å². The Hall–Kier alpha value is -4.92. The smallest absolute Gasteiger partial charge is 0.326 e. The monoisotopic (exact) mass is 554 g/mol. The fraction of sp³-hybridized carbons (Fsp3) is 0.360. The number of nitrogens with one attached hydrogen (secondary N) is 5. The average molecular weight is 555 g/mol. The first-order valence-corrected chi connectivity index (χ1v) is 12.6. The zero-order valence-electron chi connectivity index (χ0n) is 21.7. The van der Waals surface area contributed by atoms with Gasteiger partial charge in [0.25, 0.3) is 0 Å². The number of imidazole rings is 1. The van der Waals surface area contributed by atoms with Gasteiger partial charge in [-0.25, -0.2) is 9.78 Å². The van der Waals surface area contributed by atoms with Gasteiger partial charge in [-0.3, -0.25) is 19.4 Å². The highest BCUT2D eigenvalue weighted by Crippen LogP contribution is 2.19. The van der Waals surface area contributed by atoms with Crippen LogP contribution in [0.5, 0.6) is 0 Å². The van der Waals surface area contributed by atoms with Crippen LogP contribution in [0.25, 0.3) is 10.9 Å². The predicted molar refractivity (Wildman–Crippen MR) is 147 cm³/mol. The lowest BCUT2D eigenvalue weighted by Gasteiger charge is -2.21. The van der Waals surface area contributed by atoms with Crippen LogP contribution in [0.1, 0.15) is 24.1 Å². The second kappa shape index (κ2) is 14.3. The van der Waals surface area contributed by atoms with Crippen molar-refractivity contribution < 1.29 is 24.3 Å². The molecule has 0 saturated carbocycles. The van der Waals surface area contributed by atoms with Gasteiger partial charge in [0, 0.05) is 48.4 Å². The maximum Gasteiger partial charge on any atom is 0.326 e. The van der Waals surface area contributed by atoms with Crippen LogP contribution in [0.15, 0.2) is 48.0 Å². The molecule has 3 atom stereocenters. The highest BCUT2D eigenvalue weighted by atomic mass is 16.4. The Labute approximate surface area is 229 Å². The second-order valence-electron chi connectivity index (χ2n) is 9.14. The van der Waals surface area contributed by atoms with E-state index < -0.39 is 48.4 Å². The summed E-state index contributed by atoms with van der Waals surface area (Å²) in [5.41, 5.74) is 18.8. The highest BCUT2D eigenvalue weighted by molar-refractivity contribution is 5.93. The van der Waals surface area contributed by atoms with Gasteiger partial charge < -0.3 is 48.2 Å². The van der Waals surface area contributed by atoms with Crippen LogP contribution >= 0.6 is 0 Å². The minimum absolute atomic E-state index is 0.0826. The molecule has 1 aromatic carbocycles. The molecular weight excluding hydrogens is 520 g/mol. The molecule has 15 nitrogen and oxygen atoms in total. The van der Waals surface area contributed by atoms with Crippen molar-refractivity contribution in [1.82, 2.24) is 30.9 Å². The van der Waals surface area contributed by atoms with E-state index in [1.54, 1.807) is 12.4 Å². The highest BCUT2D eigenvalue weighted by Gasteiger charge is 2.26. The number of aromatic nitrogens is 3. The molecule has 0 saturated heterocycles. The van der Waals surface area contributed by atoms with Crippen LogP contribution in [0.2, 0.25) is 0 Å². The summed E-state index contributed by atoms with van der Waals surface area (Å²) in [6, 6.07) is 4.27. The number of guanidine groups is 1. The fourth-order valence-electron chi connectivity index (χ4n) is 4.03. The maximum absolute atomic E-state index is 13.2. The number of aromatic amines is 2. The number of hydrogen-bond acceptors (Lipinski definition) is 7. The summed E-state index contributed by atoms with van der Waals surface area (Å²) in [6.45, 7) is -0.298. The number of carbonyl (C=O) groups is 4. The number of aliphatic carboxylic acids is 1. The van der Waals surface area contributed by atoms with Crippen molar-refractivity contribution in [1.29, 1.82) is 0 Å². The van der Waals surface area contributed by atoms with E-state index in [9.17, 15) is 24.3 Å². The number of amides is 3. The Bertz CT molecular complexity index is 1330. The normalized spacial score (nSPS) is 13.1. The number of carboxylic acid groups (broad SMARTS) is 1. The summed E-state index contributed by atoms with van der Waals surface area (Å²) in [7, 11) is 0. The lowest BCUT2D eigenvalue weighted by atomic mass is 10.0. The first-order chi connectivity index (χ1) is 19.1. The minimum atomic E-state index is -1.24. The molecule has 3 unspecified atom stereocenters. The Balaban J connectivity index is 1.64. The Morgan fingerprint density at radius 3 is 2.50 bits per heavy atom. The lowest BCUT2D eigenvalue weighted by Crippen LogP contribution is -2.54. The van der Waals surface area contributed by atoms with Crippen molar-refractivity contribution in [2.75, 3.05) is 13.1 Å². The number of para-hydroxylation sites is 1. The van der Waals surface area contributed by atoms with Crippen LogP contribution < -0.4 is 33.2 Å². The molecule has 2 heterocycles. The SMILES string of the molecule is NC(N)=NCCCC(NC(=O)CNC(=O)C(Cc1c[nH]c2ccccc12)NC(=O)C(N)Cc1cnc[nH]1)C(=O)O. The molecule has 0 aliphatic heterocycles. The molecule has 214 valence electrons. The largest absolute Gasteiger partial charge is 0.480 e. The van der Waals surface area contributed by atoms with Crippen LogP contribution in [0.3, 0.4) is 0 Å². The van der Waals surface area contributed by atoms with E-state index in [2.05, 4.69) is 35.9 Å². The van der Waals surface area contributed by atoms with Gasteiger partial charge in [0.05, 0.1) is 18.9 Å². The van der Waals surface area contributed by atoms with Gasteiger partial charge in [0.1, 0.15) is 12.1 Å². The summed E-state index contributed by atoms with van der Waals surface area (Å²) in [6.07, 6.45) is 5.45. The molecule has 2 aromatic heterocycles. The van der Waals surface area contributed by atoms with Gasteiger partial charge >= 0.3 is 5.97 Å². The van der Waals surface area contributed by atoms with Crippen LogP contribution in [-0.4, -0.2) is 80.9 Å². The number of aliphatic imine (C=N–C) groups is 1. The van der Waals surface area contributed by atoms with Gasteiger partial charge in [-0.15, -0.1) is 0 Å². The number of H-pyrrole nitrogens is 2. The number of fused-ring (bicyclic) bond motifs is 1. The molecule has 12 N–H and O–H groups in total. The number of carboxylic acids is 1. The van der Waals surface area contributed by atoms with Crippen LogP contribution in [0.4, 0.5) is 0 Å². The molecule has 0 fully saturated rings. The molecule has 3 aromatic rings. The molecule has 0 radical (unpaired) electrons. The quantitative estimate of drug-likeness (QED) is 0.0584. The minimum Gasteiger partial charge on any atom is -0.480 e. The van der Waals surface area contributed by atoms with Gasteiger partial charge in [-0.05, 0) is 24.5 Å². The number of rotatable bonds is 15. The lowest BCUT2D eigenvalue weighted by molar-refractivity contribution is -0.142. The third-order valence-corrected chi connectivity index (χ3v) is 6.07. The molecule has 3 amide bonds. The van der Waals surface area contributed by atoms with Crippen molar-refractivity contribution >= 4 is 40.6 Å². The van der Waals surface area contributed by atoms with Crippen LogP contribution in [0, 0.1) is 0 Å². The molecule has 0 aliphatic carbocycles. The number of benzene rings is 1. The molecular formula is C25H34N10O5. The summed E-state index contributed by atoms with van der Waals surface area (Å²) >= 11 is 0. The molecule has 0 bridgehead atoms. The molecule has 0 aliphatic rings. The zero-order chi connectivity index (χ0) is 29.1. The van der Waals surface area contributed by atoms with Crippen molar-refractivity contribution in [3.05, 3.63) is 54.2 Å². The Morgan fingerprint density at radius 2 is 1.80 bits per heavy atom. The summed E-state index contributed by atoms with van der Waals surface area (Å²) in [5.74, 6) is -3.26. The molecule has 0 spiro atoms. The molecule has 40 heavy (non-hydrogen) atoms. The fourth-order valence-corrected chi connectivity index (χ4v) is 4.03. The van der Waals surface area contributed by atoms with Crippen LogP contribution in [-0.2, 0) is 32.0 Å².